The lowest BCUT2D eigenvalue weighted by atomic mass is 10.5. The molecule has 0 aliphatic heterocycles. The number of aliphatic hydroxyl groups excluding tert-OH is 1. The van der Waals surface area contributed by atoms with Crippen LogP contribution in [0, 0.1) is 0 Å². The lowest BCUT2D eigenvalue weighted by Gasteiger charge is -2.04. The fraction of sp³-hybridized carbons (Fsp3) is 0.455. The minimum Gasteiger partial charge on any atom is -0.446 e. The number of hydrogen-bond donors (Lipinski definition) is 2. The summed E-state index contributed by atoms with van der Waals surface area (Å²) in [6.45, 7) is 4.16. The maximum atomic E-state index is 11.7. The van der Waals surface area contributed by atoms with Gasteiger partial charge in [-0.1, -0.05) is 6.08 Å². The van der Waals surface area contributed by atoms with Crippen LogP contribution in [0.2, 0.25) is 0 Å². The van der Waals surface area contributed by atoms with Gasteiger partial charge >= 0.3 is 0 Å². The predicted molar refractivity (Wildman–Crippen MR) is 65.5 cm³/mol. The molecule has 0 aliphatic carbocycles. The lowest BCUT2D eigenvalue weighted by molar-refractivity contribution is 0.144. The largest absolute Gasteiger partial charge is 0.446 e. The summed E-state index contributed by atoms with van der Waals surface area (Å²) < 4.78 is 35.8. The highest BCUT2D eigenvalue weighted by Gasteiger charge is 2.17. The summed E-state index contributed by atoms with van der Waals surface area (Å²) in [6, 6.07) is 2.71. The van der Waals surface area contributed by atoms with E-state index in [1.807, 2.05) is 0 Å². The van der Waals surface area contributed by atoms with Gasteiger partial charge in [-0.3, -0.25) is 0 Å². The van der Waals surface area contributed by atoms with Gasteiger partial charge in [-0.2, -0.15) is 0 Å². The van der Waals surface area contributed by atoms with E-state index in [1.165, 1.54) is 12.1 Å². The lowest BCUT2D eigenvalue weighted by Crippen LogP contribution is -2.27. The first-order chi connectivity index (χ1) is 8.60. The normalized spacial score (nSPS) is 11.6. The average Bonchev–Trinajstić information content (AvgIpc) is 2.83. The number of hydrogen-bond acceptors (Lipinski definition) is 5. The summed E-state index contributed by atoms with van der Waals surface area (Å²) in [5.74, 6) is 0.206. The number of furan rings is 1. The maximum Gasteiger partial charge on any atom is 0.274 e. The molecular weight excluding hydrogens is 258 g/mol. The van der Waals surface area contributed by atoms with E-state index in [-0.39, 0.29) is 30.6 Å². The Morgan fingerprint density at radius 1 is 1.44 bits per heavy atom. The van der Waals surface area contributed by atoms with Crippen LogP contribution >= 0.6 is 0 Å². The molecule has 0 saturated carbocycles. The van der Waals surface area contributed by atoms with Crippen molar-refractivity contribution in [1.29, 1.82) is 0 Å². The summed E-state index contributed by atoms with van der Waals surface area (Å²) in [5, 5.41) is 8.57. The van der Waals surface area contributed by atoms with Gasteiger partial charge in [0.05, 0.1) is 13.2 Å². The highest BCUT2D eigenvalue weighted by Crippen LogP contribution is 2.13. The van der Waals surface area contributed by atoms with Crippen molar-refractivity contribution in [2.24, 2.45) is 0 Å². The van der Waals surface area contributed by atoms with Gasteiger partial charge in [0.15, 0.2) is 0 Å². The number of aliphatic hydroxyl groups is 1. The molecule has 1 rings (SSSR count). The van der Waals surface area contributed by atoms with Gasteiger partial charge in [0, 0.05) is 6.54 Å². The molecule has 0 aliphatic rings. The van der Waals surface area contributed by atoms with Crippen LogP contribution in [0.5, 0.6) is 0 Å². The first-order valence-electron chi connectivity index (χ1n) is 5.48. The Bertz CT molecular complexity index is 466. The molecule has 1 aromatic heterocycles. The van der Waals surface area contributed by atoms with Gasteiger partial charge in [0.2, 0.25) is 5.09 Å². The van der Waals surface area contributed by atoms with E-state index in [0.29, 0.717) is 6.61 Å². The number of nitrogens with one attached hydrogen (secondary N) is 1. The van der Waals surface area contributed by atoms with Crippen LogP contribution in [0.4, 0.5) is 0 Å². The Balaban J connectivity index is 2.38. The zero-order valence-electron chi connectivity index (χ0n) is 9.96. The molecule has 7 heteroatoms. The van der Waals surface area contributed by atoms with Crippen LogP contribution in [0.1, 0.15) is 12.2 Å². The predicted octanol–water partition coefficient (Wildman–Crippen LogP) is 0.643. The van der Waals surface area contributed by atoms with E-state index in [1.54, 1.807) is 6.08 Å². The second kappa shape index (κ2) is 7.32. The molecule has 0 unspecified atom stereocenters. The van der Waals surface area contributed by atoms with E-state index >= 15 is 0 Å². The Morgan fingerprint density at radius 3 is 2.83 bits per heavy atom. The number of sulfonamides is 1. The zero-order valence-corrected chi connectivity index (χ0v) is 10.8. The Hall–Kier alpha value is -1.15. The summed E-state index contributed by atoms with van der Waals surface area (Å²) in [4.78, 5) is 0. The summed E-state index contributed by atoms with van der Waals surface area (Å²) in [5.41, 5.74) is 0. The van der Waals surface area contributed by atoms with Crippen molar-refractivity contribution in [3.63, 3.8) is 0 Å². The fourth-order valence-electron chi connectivity index (χ4n) is 1.18. The Morgan fingerprint density at radius 2 is 2.22 bits per heavy atom. The van der Waals surface area contributed by atoms with E-state index in [2.05, 4.69) is 11.3 Å². The van der Waals surface area contributed by atoms with Crippen molar-refractivity contribution in [2.75, 3.05) is 19.8 Å². The van der Waals surface area contributed by atoms with Gasteiger partial charge in [0.25, 0.3) is 10.0 Å². The topological polar surface area (TPSA) is 88.8 Å². The molecule has 6 nitrogen and oxygen atoms in total. The van der Waals surface area contributed by atoms with Crippen LogP contribution in [0.3, 0.4) is 0 Å². The minimum atomic E-state index is -3.67. The third-order valence-electron chi connectivity index (χ3n) is 2.06. The molecule has 0 atom stereocenters. The van der Waals surface area contributed by atoms with Crippen molar-refractivity contribution in [1.82, 2.24) is 4.72 Å². The highest BCUT2D eigenvalue weighted by molar-refractivity contribution is 7.89. The molecule has 1 heterocycles. The zero-order chi connectivity index (χ0) is 13.4. The van der Waals surface area contributed by atoms with Crippen LogP contribution in [-0.2, 0) is 21.4 Å². The van der Waals surface area contributed by atoms with Gasteiger partial charge < -0.3 is 14.3 Å². The first kappa shape index (κ1) is 14.9. The van der Waals surface area contributed by atoms with Gasteiger partial charge in [-0.05, 0) is 18.6 Å². The highest BCUT2D eigenvalue weighted by atomic mass is 32.2. The first-order valence-corrected chi connectivity index (χ1v) is 6.96. The molecule has 0 aromatic carbocycles. The van der Waals surface area contributed by atoms with Gasteiger partial charge in [-0.15, -0.1) is 6.58 Å². The van der Waals surface area contributed by atoms with Crippen LogP contribution < -0.4 is 4.72 Å². The van der Waals surface area contributed by atoms with Crippen molar-refractivity contribution in [2.45, 2.75) is 18.1 Å². The molecule has 2 N–H and O–H groups in total. The second-order valence-corrected chi connectivity index (χ2v) is 5.16. The molecule has 0 fully saturated rings. The van der Waals surface area contributed by atoms with Crippen LogP contribution in [0.25, 0.3) is 0 Å². The monoisotopic (exact) mass is 275 g/mol. The van der Waals surface area contributed by atoms with E-state index in [9.17, 15) is 8.42 Å². The van der Waals surface area contributed by atoms with E-state index in [0.717, 1.165) is 6.42 Å². The molecule has 0 bridgehead atoms. The van der Waals surface area contributed by atoms with Crippen molar-refractivity contribution in [3.05, 3.63) is 30.5 Å². The molecule has 0 radical (unpaired) electrons. The molecular formula is C11H17NO5S. The van der Waals surface area contributed by atoms with E-state index in [4.69, 9.17) is 14.3 Å². The smallest absolute Gasteiger partial charge is 0.274 e. The van der Waals surface area contributed by atoms with Gasteiger partial charge in [0.1, 0.15) is 12.4 Å². The molecule has 0 spiro atoms. The Labute approximate surface area is 106 Å². The third-order valence-corrected chi connectivity index (χ3v) is 3.40. The second-order valence-electron chi connectivity index (χ2n) is 3.47. The average molecular weight is 275 g/mol. The quantitative estimate of drug-likeness (QED) is 0.510. The van der Waals surface area contributed by atoms with Crippen LogP contribution in [-0.4, -0.2) is 33.3 Å². The summed E-state index contributed by atoms with van der Waals surface area (Å²) >= 11 is 0. The number of ether oxygens (including phenoxy) is 1. The van der Waals surface area contributed by atoms with Gasteiger partial charge in [-0.25, -0.2) is 13.1 Å². The molecule has 0 amide bonds. The summed E-state index contributed by atoms with van der Waals surface area (Å²) in [6.07, 6.45) is 2.45. The van der Waals surface area contributed by atoms with Crippen molar-refractivity contribution < 1.29 is 22.7 Å². The minimum absolute atomic E-state index is 0.161. The van der Waals surface area contributed by atoms with Crippen molar-refractivity contribution >= 4 is 10.0 Å². The number of rotatable bonds is 9. The Kier molecular flexibility index (Phi) is 6.06. The summed E-state index contributed by atoms with van der Waals surface area (Å²) in [7, 11) is -3.67. The van der Waals surface area contributed by atoms with E-state index < -0.39 is 10.0 Å². The molecule has 0 saturated heterocycles. The van der Waals surface area contributed by atoms with Crippen LogP contribution in [0.15, 0.2) is 34.3 Å². The standard InChI is InChI=1S/C11H17NO5S/c1-2-3-7-16-8-6-12-18(14,15)11-5-4-10(9-13)17-11/h2,4-5,12-13H,1,3,6-9H2. The third kappa shape index (κ3) is 4.61. The fourth-order valence-corrected chi connectivity index (χ4v) is 2.13. The molecule has 1 aromatic rings. The molecule has 102 valence electrons. The maximum absolute atomic E-state index is 11.7. The molecule has 18 heavy (non-hydrogen) atoms. The van der Waals surface area contributed by atoms with Crippen molar-refractivity contribution in [3.8, 4) is 0 Å². The SMILES string of the molecule is C=CCCOCCNS(=O)(=O)c1ccc(CO)o1.